The van der Waals surface area contributed by atoms with Crippen molar-refractivity contribution in [1.29, 1.82) is 0 Å². The summed E-state index contributed by atoms with van der Waals surface area (Å²) in [6, 6.07) is 9.98. The average molecular weight is 417 g/mol. The van der Waals surface area contributed by atoms with Crippen LogP contribution in [0.2, 0.25) is 0 Å². The lowest BCUT2D eigenvalue weighted by molar-refractivity contribution is -0.113. The zero-order valence-corrected chi connectivity index (χ0v) is 16.8. The second-order valence-electron chi connectivity index (χ2n) is 6.13. The molecule has 1 aliphatic rings. The van der Waals surface area contributed by atoms with Crippen LogP contribution in [0.5, 0.6) is 0 Å². The zero-order chi connectivity index (χ0) is 19.2. The van der Waals surface area contributed by atoms with Crippen LogP contribution in [0, 0.1) is 0 Å². The molecule has 0 bridgehead atoms. The summed E-state index contributed by atoms with van der Waals surface area (Å²) in [5.74, 6) is 0.982. The molecule has 1 aromatic carbocycles. The summed E-state index contributed by atoms with van der Waals surface area (Å²) in [6.45, 7) is 3.91. The number of nitrogens with zero attached hydrogens (tertiary/aromatic N) is 5. The standard InChI is InChI=1S/C18H20N6O2S2/c25-16(20-17-19-6-11-27-17)13-28-18-22-21-15(12-23-7-9-26-10-8-23)24(18)14-4-2-1-3-5-14/h1-6,11H,7-10,12-13H2,(H,19,20,25). The maximum absolute atomic E-state index is 12.2. The Morgan fingerprint density at radius 1 is 1.21 bits per heavy atom. The molecular weight excluding hydrogens is 396 g/mol. The van der Waals surface area contributed by atoms with Crippen LogP contribution >= 0.6 is 23.1 Å². The van der Waals surface area contributed by atoms with Gasteiger partial charge in [-0.25, -0.2) is 4.98 Å². The number of thiazole rings is 1. The zero-order valence-electron chi connectivity index (χ0n) is 15.2. The van der Waals surface area contributed by atoms with E-state index in [2.05, 4.69) is 25.4 Å². The molecule has 1 aliphatic heterocycles. The van der Waals surface area contributed by atoms with Crippen molar-refractivity contribution < 1.29 is 9.53 Å². The number of carbonyl (C=O) groups excluding carboxylic acids is 1. The van der Waals surface area contributed by atoms with Crippen molar-refractivity contribution >= 4 is 34.1 Å². The summed E-state index contributed by atoms with van der Waals surface area (Å²) in [7, 11) is 0. The fourth-order valence-electron chi connectivity index (χ4n) is 2.86. The van der Waals surface area contributed by atoms with Crippen molar-refractivity contribution in [3.8, 4) is 5.69 Å². The average Bonchev–Trinajstić information content (AvgIpc) is 3.38. The van der Waals surface area contributed by atoms with Crippen molar-refractivity contribution in [2.45, 2.75) is 11.7 Å². The first kappa shape index (κ1) is 19.1. The molecule has 8 nitrogen and oxygen atoms in total. The fourth-order valence-corrected chi connectivity index (χ4v) is 4.18. The van der Waals surface area contributed by atoms with Crippen LogP contribution in [0.4, 0.5) is 5.13 Å². The summed E-state index contributed by atoms with van der Waals surface area (Å²) in [5.41, 5.74) is 0.985. The lowest BCUT2D eigenvalue weighted by atomic mass is 10.3. The maximum Gasteiger partial charge on any atom is 0.236 e. The Bertz CT molecular complexity index is 894. The molecule has 0 radical (unpaired) electrons. The molecule has 2 aromatic heterocycles. The first-order chi connectivity index (χ1) is 13.8. The van der Waals surface area contributed by atoms with E-state index in [1.54, 1.807) is 6.20 Å². The molecule has 0 saturated carbocycles. The van der Waals surface area contributed by atoms with Gasteiger partial charge in [0.15, 0.2) is 16.1 Å². The number of nitrogens with one attached hydrogen (secondary N) is 1. The maximum atomic E-state index is 12.2. The molecule has 0 unspecified atom stereocenters. The van der Waals surface area contributed by atoms with Gasteiger partial charge in [-0.1, -0.05) is 30.0 Å². The second kappa shape index (κ2) is 9.28. The number of hydrogen-bond acceptors (Lipinski definition) is 8. The number of carbonyl (C=O) groups is 1. The van der Waals surface area contributed by atoms with Crippen molar-refractivity contribution in [3.05, 3.63) is 47.7 Å². The van der Waals surface area contributed by atoms with Gasteiger partial charge < -0.3 is 10.1 Å². The molecule has 4 rings (SSSR count). The highest BCUT2D eigenvalue weighted by Gasteiger charge is 2.19. The third-order valence-electron chi connectivity index (χ3n) is 4.19. The van der Waals surface area contributed by atoms with Crippen molar-refractivity contribution in [2.24, 2.45) is 0 Å². The summed E-state index contributed by atoms with van der Waals surface area (Å²) in [5, 5.41) is 14.7. The molecule has 1 N–H and O–H groups in total. The highest BCUT2D eigenvalue weighted by atomic mass is 32.2. The molecule has 0 atom stereocenters. The van der Waals surface area contributed by atoms with Gasteiger partial charge in [-0.15, -0.1) is 21.5 Å². The number of para-hydroxylation sites is 1. The van der Waals surface area contributed by atoms with Gasteiger partial charge in [-0.2, -0.15) is 0 Å². The molecule has 3 aromatic rings. The number of morpholine rings is 1. The van der Waals surface area contributed by atoms with Crippen LogP contribution < -0.4 is 5.32 Å². The molecule has 3 heterocycles. The topological polar surface area (TPSA) is 85.2 Å². The first-order valence-corrected chi connectivity index (χ1v) is 10.8. The number of hydrogen-bond donors (Lipinski definition) is 1. The van der Waals surface area contributed by atoms with E-state index < -0.39 is 0 Å². The van der Waals surface area contributed by atoms with Crippen LogP contribution in [0.1, 0.15) is 5.82 Å². The monoisotopic (exact) mass is 416 g/mol. The number of ether oxygens (including phenoxy) is 1. The van der Waals surface area contributed by atoms with Gasteiger partial charge in [-0.3, -0.25) is 14.3 Å². The Labute approximate surface area is 170 Å². The van der Waals surface area contributed by atoms with Gasteiger partial charge in [0.2, 0.25) is 5.91 Å². The molecule has 0 spiro atoms. The van der Waals surface area contributed by atoms with Crippen LogP contribution in [0.25, 0.3) is 5.69 Å². The largest absolute Gasteiger partial charge is 0.379 e. The SMILES string of the molecule is O=C(CSc1nnc(CN2CCOCC2)n1-c1ccccc1)Nc1nccs1. The minimum absolute atomic E-state index is 0.114. The van der Waals surface area contributed by atoms with Crippen LogP contribution in [0.3, 0.4) is 0 Å². The van der Waals surface area contributed by atoms with E-state index in [4.69, 9.17) is 4.74 Å². The van der Waals surface area contributed by atoms with Gasteiger partial charge in [0, 0.05) is 30.4 Å². The van der Waals surface area contributed by atoms with E-state index in [0.717, 1.165) is 37.8 Å². The third kappa shape index (κ3) is 4.76. The van der Waals surface area contributed by atoms with Gasteiger partial charge in [0.25, 0.3) is 0 Å². The lowest BCUT2D eigenvalue weighted by Crippen LogP contribution is -2.36. The molecule has 1 fully saturated rings. The molecular formula is C18H20N6O2S2. The number of amides is 1. The van der Waals surface area contributed by atoms with E-state index in [1.807, 2.05) is 40.3 Å². The van der Waals surface area contributed by atoms with E-state index in [-0.39, 0.29) is 11.7 Å². The lowest BCUT2D eigenvalue weighted by Gasteiger charge is -2.26. The molecule has 28 heavy (non-hydrogen) atoms. The fraction of sp³-hybridized carbons (Fsp3) is 0.333. The Morgan fingerprint density at radius 2 is 2.04 bits per heavy atom. The Balaban J connectivity index is 1.50. The number of anilines is 1. The highest BCUT2D eigenvalue weighted by Crippen LogP contribution is 2.23. The van der Waals surface area contributed by atoms with Gasteiger partial charge in [-0.05, 0) is 12.1 Å². The summed E-state index contributed by atoms with van der Waals surface area (Å²) < 4.78 is 7.45. The van der Waals surface area contributed by atoms with E-state index in [9.17, 15) is 4.79 Å². The molecule has 146 valence electrons. The Kier molecular flexibility index (Phi) is 6.32. The predicted molar refractivity (Wildman–Crippen MR) is 109 cm³/mol. The summed E-state index contributed by atoms with van der Waals surface area (Å²) in [4.78, 5) is 18.6. The van der Waals surface area contributed by atoms with Gasteiger partial charge >= 0.3 is 0 Å². The minimum atomic E-state index is -0.114. The number of aromatic nitrogens is 4. The van der Waals surface area contributed by atoms with Gasteiger partial charge in [0.1, 0.15) is 0 Å². The van der Waals surface area contributed by atoms with Crippen LogP contribution in [0.15, 0.2) is 47.1 Å². The normalized spacial score (nSPS) is 14.9. The third-order valence-corrected chi connectivity index (χ3v) is 5.81. The summed E-state index contributed by atoms with van der Waals surface area (Å²) in [6.07, 6.45) is 1.66. The smallest absolute Gasteiger partial charge is 0.236 e. The predicted octanol–water partition coefficient (Wildman–Crippen LogP) is 2.29. The molecule has 1 amide bonds. The molecule has 1 saturated heterocycles. The van der Waals surface area contributed by atoms with Gasteiger partial charge in [0.05, 0.1) is 25.5 Å². The number of benzene rings is 1. The van der Waals surface area contributed by atoms with Crippen LogP contribution in [-0.4, -0.2) is 62.6 Å². The first-order valence-electron chi connectivity index (χ1n) is 8.91. The Morgan fingerprint density at radius 3 is 2.79 bits per heavy atom. The van der Waals surface area contributed by atoms with E-state index in [0.29, 0.717) is 16.8 Å². The van der Waals surface area contributed by atoms with Crippen molar-refractivity contribution in [2.75, 3.05) is 37.4 Å². The second-order valence-corrected chi connectivity index (χ2v) is 7.97. The van der Waals surface area contributed by atoms with E-state index in [1.165, 1.54) is 23.1 Å². The van der Waals surface area contributed by atoms with Crippen LogP contribution in [-0.2, 0) is 16.1 Å². The highest BCUT2D eigenvalue weighted by molar-refractivity contribution is 7.99. The molecule has 10 heteroatoms. The minimum Gasteiger partial charge on any atom is -0.379 e. The van der Waals surface area contributed by atoms with E-state index >= 15 is 0 Å². The number of rotatable bonds is 7. The van der Waals surface area contributed by atoms with Crippen molar-refractivity contribution in [1.82, 2.24) is 24.6 Å². The molecule has 0 aliphatic carbocycles. The van der Waals surface area contributed by atoms with Crippen molar-refractivity contribution in [3.63, 3.8) is 0 Å². The number of thioether (sulfide) groups is 1. The summed E-state index contributed by atoms with van der Waals surface area (Å²) >= 11 is 2.76. The quantitative estimate of drug-likeness (QED) is 0.592. The Hall–Kier alpha value is -2.27.